The van der Waals surface area contributed by atoms with E-state index in [9.17, 15) is 4.57 Å². The third kappa shape index (κ3) is 2.52. The smallest absolute Gasteiger partial charge is 0.403 e. The minimum absolute atomic E-state index is 0.158. The average Bonchev–Trinajstić information content (AvgIpc) is 3.21. The number of phosphoric acid groups is 1. The van der Waals surface area contributed by atoms with Crippen LogP contribution >= 0.6 is 7.82 Å². The van der Waals surface area contributed by atoms with Gasteiger partial charge in [-0.2, -0.15) is 0 Å². The van der Waals surface area contributed by atoms with Gasteiger partial charge in [0.15, 0.2) is 0 Å². The van der Waals surface area contributed by atoms with Gasteiger partial charge in [0.05, 0.1) is 6.61 Å². The molecule has 0 saturated heterocycles. The molecule has 2 unspecified atom stereocenters. The van der Waals surface area contributed by atoms with Crippen molar-refractivity contribution in [2.24, 2.45) is 5.92 Å². The van der Waals surface area contributed by atoms with Crippen LogP contribution in [0.15, 0.2) is 18.2 Å². The first-order valence-corrected chi connectivity index (χ1v) is 8.75. The normalized spacial score (nSPS) is 29.1. The van der Waals surface area contributed by atoms with E-state index in [1.54, 1.807) is 6.92 Å². The predicted octanol–water partition coefficient (Wildman–Crippen LogP) is 4.81. The Hall–Kier alpha value is -0.830. The maximum absolute atomic E-state index is 12.6. The summed E-state index contributed by atoms with van der Waals surface area (Å²) < 4.78 is 29.3. The first-order chi connectivity index (χ1) is 9.54. The molecule has 110 valence electrons. The standard InChI is InChI=1S/C15H21O4P/c1-4-17-20(16)18-14(11-8-9-11)13-7-5-6-12(10(2)3)15(13)19-20/h5-7,10-11,14H,4,8-9H2,1-3H3. The predicted molar refractivity (Wildman–Crippen MR) is 76.9 cm³/mol. The van der Waals surface area contributed by atoms with Crippen LogP contribution in [0, 0.1) is 5.92 Å². The molecule has 20 heavy (non-hydrogen) atoms. The first kappa shape index (κ1) is 14.1. The molecule has 0 bridgehead atoms. The summed E-state index contributed by atoms with van der Waals surface area (Å²) in [5, 5.41) is 0. The molecule has 0 amide bonds. The Morgan fingerprint density at radius 3 is 2.75 bits per heavy atom. The SMILES string of the molecule is CCOP1(=O)Oc2c(C(C)C)cccc2C(C2CC2)O1. The van der Waals surface area contributed by atoms with Crippen molar-refractivity contribution in [2.45, 2.75) is 45.6 Å². The lowest BCUT2D eigenvalue weighted by atomic mass is 9.95. The van der Waals surface area contributed by atoms with Gasteiger partial charge in [-0.1, -0.05) is 32.0 Å². The van der Waals surface area contributed by atoms with Gasteiger partial charge >= 0.3 is 7.82 Å². The fraction of sp³-hybridized carbons (Fsp3) is 0.600. The van der Waals surface area contributed by atoms with Crippen LogP contribution < -0.4 is 4.52 Å². The van der Waals surface area contributed by atoms with Crippen molar-refractivity contribution in [3.05, 3.63) is 29.3 Å². The van der Waals surface area contributed by atoms with Gasteiger partial charge in [0.2, 0.25) is 0 Å². The highest BCUT2D eigenvalue weighted by molar-refractivity contribution is 7.49. The molecule has 2 aliphatic rings. The van der Waals surface area contributed by atoms with E-state index < -0.39 is 7.82 Å². The zero-order valence-electron chi connectivity index (χ0n) is 12.2. The van der Waals surface area contributed by atoms with E-state index in [1.165, 1.54) is 0 Å². The van der Waals surface area contributed by atoms with Crippen molar-refractivity contribution in [1.29, 1.82) is 0 Å². The zero-order chi connectivity index (χ0) is 14.3. The van der Waals surface area contributed by atoms with E-state index in [0.717, 1.165) is 24.0 Å². The molecule has 0 aromatic heterocycles. The lowest BCUT2D eigenvalue weighted by Gasteiger charge is -2.32. The van der Waals surface area contributed by atoms with E-state index in [4.69, 9.17) is 13.6 Å². The molecule has 1 fully saturated rings. The van der Waals surface area contributed by atoms with Crippen molar-refractivity contribution >= 4 is 7.82 Å². The molecular weight excluding hydrogens is 275 g/mol. The molecule has 0 spiro atoms. The summed E-state index contributed by atoms with van der Waals surface area (Å²) in [6.45, 7) is 6.31. The largest absolute Gasteiger partial charge is 0.530 e. The second-order valence-corrected chi connectivity index (χ2v) is 7.29. The molecule has 1 saturated carbocycles. The lowest BCUT2D eigenvalue weighted by Crippen LogP contribution is -2.18. The van der Waals surface area contributed by atoms with Crippen molar-refractivity contribution in [3.63, 3.8) is 0 Å². The topological polar surface area (TPSA) is 44.8 Å². The van der Waals surface area contributed by atoms with Gasteiger partial charge in [0.25, 0.3) is 0 Å². The Labute approximate surface area is 120 Å². The molecule has 0 radical (unpaired) electrons. The molecule has 1 heterocycles. The number of rotatable bonds is 4. The minimum Gasteiger partial charge on any atom is -0.403 e. The fourth-order valence-electron chi connectivity index (χ4n) is 2.64. The van der Waals surface area contributed by atoms with Crippen LogP contribution in [0.25, 0.3) is 0 Å². The van der Waals surface area contributed by atoms with Crippen LogP contribution in [0.5, 0.6) is 5.75 Å². The second-order valence-electron chi connectivity index (χ2n) is 5.74. The lowest BCUT2D eigenvalue weighted by molar-refractivity contribution is 0.0824. The van der Waals surface area contributed by atoms with Gasteiger partial charge in [-0.05, 0) is 37.2 Å². The summed E-state index contributed by atoms with van der Waals surface area (Å²) >= 11 is 0. The summed E-state index contributed by atoms with van der Waals surface area (Å²) in [5.74, 6) is 1.45. The molecule has 1 aromatic carbocycles. The van der Waals surface area contributed by atoms with Gasteiger partial charge in [-0.25, -0.2) is 4.57 Å². The zero-order valence-corrected chi connectivity index (χ0v) is 13.1. The third-order valence-electron chi connectivity index (χ3n) is 3.79. The molecule has 1 aromatic rings. The highest BCUT2D eigenvalue weighted by Gasteiger charge is 2.46. The molecule has 1 aliphatic heterocycles. The summed E-state index contributed by atoms with van der Waals surface area (Å²) in [6, 6.07) is 6.06. The molecular formula is C15H21O4P. The van der Waals surface area contributed by atoms with Crippen LogP contribution in [0.2, 0.25) is 0 Å². The van der Waals surface area contributed by atoms with Crippen LogP contribution in [0.3, 0.4) is 0 Å². The molecule has 2 atom stereocenters. The number of hydrogen-bond acceptors (Lipinski definition) is 4. The third-order valence-corrected chi connectivity index (χ3v) is 5.25. The number of benzene rings is 1. The molecule has 5 heteroatoms. The van der Waals surface area contributed by atoms with Crippen LogP contribution in [-0.2, 0) is 13.6 Å². The van der Waals surface area contributed by atoms with Gasteiger partial charge in [0.1, 0.15) is 11.9 Å². The number of fused-ring (bicyclic) bond motifs is 1. The van der Waals surface area contributed by atoms with Crippen molar-refractivity contribution in [2.75, 3.05) is 6.61 Å². The summed E-state index contributed by atoms with van der Waals surface area (Å²) in [5.41, 5.74) is 2.08. The van der Waals surface area contributed by atoms with E-state index in [2.05, 4.69) is 13.8 Å². The number of hydrogen-bond donors (Lipinski definition) is 0. The van der Waals surface area contributed by atoms with E-state index in [-0.39, 0.29) is 6.10 Å². The molecule has 0 N–H and O–H groups in total. The monoisotopic (exact) mass is 296 g/mol. The maximum atomic E-state index is 12.6. The minimum atomic E-state index is -3.48. The van der Waals surface area contributed by atoms with Gasteiger partial charge in [-0.15, -0.1) is 0 Å². The fourth-order valence-corrected chi connectivity index (χ4v) is 4.11. The highest BCUT2D eigenvalue weighted by atomic mass is 31.2. The van der Waals surface area contributed by atoms with E-state index in [1.807, 2.05) is 18.2 Å². The molecule has 4 nitrogen and oxygen atoms in total. The summed E-state index contributed by atoms with van der Waals surface area (Å²) in [4.78, 5) is 0. The van der Waals surface area contributed by atoms with E-state index >= 15 is 0 Å². The Morgan fingerprint density at radius 1 is 1.40 bits per heavy atom. The van der Waals surface area contributed by atoms with Crippen LogP contribution in [0.1, 0.15) is 56.8 Å². The highest BCUT2D eigenvalue weighted by Crippen LogP contribution is 2.63. The Morgan fingerprint density at radius 2 is 2.15 bits per heavy atom. The second kappa shape index (κ2) is 5.18. The first-order valence-electron chi connectivity index (χ1n) is 7.29. The van der Waals surface area contributed by atoms with Crippen molar-refractivity contribution in [3.8, 4) is 5.75 Å². The number of phosphoric ester groups is 1. The molecule has 1 aliphatic carbocycles. The van der Waals surface area contributed by atoms with Crippen LogP contribution in [-0.4, -0.2) is 6.61 Å². The Bertz CT molecular complexity index is 551. The Kier molecular flexibility index (Phi) is 3.65. The Balaban J connectivity index is 2.06. The average molecular weight is 296 g/mol. The summed E-state index contributed by atoms with van der Waals surface area (Å²) in [7, 11) is -3.48. The maximum Gasteiger partial charge on any atom is 0.530 e. The van der Waals surface area contributed by atoms with Gasteiger partial charge in [0, 0.05) is 5.56 Å². The number of para-hydroxylation sites is 1. The van der Waals surface area contributed by atoms with Gasteiger partial charge in [-0.3, -0.25) is 9.05 Å². The summed E-state index contributed by atoms with van der Waals surface area (Å²) in [6.07, 6.45) is 2.07. The van der Waals surface area contributed by atoms with Crippen molar-refractivity contribution in [1.82, 2.24) is 0 Å². The van der Waals surface area contributed by atoms with Crippen molar-refractivity contribution < 1.29 is 18.1 Å². The van der Waals surface area contributed by atoms with E-state index in [0.29, 0.717) is 24.2 Å². The van der Waals surface area contributed by atoms with Crippen LogP contribution in [0.4, 0.5) is 0 Å². The molecule has 3 rings (SSSR count). The van der Waals surface area contributed by atoms with Gasteiger partial charge < -0.3 is 4.52 Å². The quantitative estimate of drug-likeness (QED) is 0.748.